The van der Waals surface area contributed by atoms with Gasteiger partial charge >= 0.3 is 0 Å². The van der Waals surface area contributed by atoms with E-state index >= 15 is 0 Å². The lowest BCUT2D eigenvalue weighted by atomic mass is 10.3. The molecule has 1 amide bonds. The Morgan fingerprint density at radius 1 is 1.23 bits per heavy atom. The maximum Gasteiger partial charge on any atom is 0.261 e. The van der Waals surface area contributed by atoms with Crippen molar-refractivity contribution in [1.29, 1.82) is 0 Å². The Kier molecular flexibility index (Phi) is 5.30. The Balaban J connectivity index is 1.86. The Morgan fingerprint density at radius 3 is 2.55 bits per heavy atom. The standard InChI is InChI=1S/C16H19N3O3/c1-11-8-13(19-10-18-11)9-17-16(20)12(2)22-15-6-4-14(21-3)5-7-15/h4-8,10,12H,9H2,1-3H3,(H,17,20). The monoisotopic (exact) mass is 301 g/mol. The summed E-state index contributed by atoms with van der Waals surface area (Å²) < 4.78 is 10.7. The molecular weight excluding hydrogens is 282 g/mol. The topological polar surface area (TPSA) is 73.3 Å². The zero-order valence-electron chi connectivity index (χ0n) is 12.9. The minimum Gasteiger partial charge on any atom is -0.497 e. The van der Waals surface area contributed by atoms with Crippen LogP contribution in [-0.2, 0) is 11.3 Å². The fourth-order valence-corrected chi connectivity index (χ4v) is 1.84. The Morgan fingerprint density at radius 2 is 1.91 bits per heavy atom. The maximum absolute atomic E-state index is 12.0. The molecule has 116 valence electrons. The Bertz CT molecular complexity index is 629. The van der Waals surface area contributed by atoms with Crippen molar-refractivity contribution in [2.24, 2.45) is 0 Å². The second kappa shape index (κ2) is 7.40. The first kappa shape index (κ1) is 15.8. The Labute approximate surface area is 129 Å². The summed E-state index contributed by atoms with van der Waals surface area (Å²) >= 11 is 0. The zero-order chi connectivity index (χ0) is 15.9. The van der Waals surface area contributed by atoms with Crippen LogP contribution in [0.3, 0.4) is 0 Å². The van der Waals surface area contributed by atoms with E-state index in [0.717, 1.165) is 17.1 Å². The molecule has 0 aliphatic carbocycles. The van der Waals surface area contributed by atoms with Crippen molar-refractivity contribution in [3.8, 4) is 11.5 Å². The summed E-state index contributed by atoms with van der Waals surface area (Å²) in [6.07, 6.45) is 0.880. The first-order valence-electron chi connectivity index (χ1n) is 6.94. The molecule has 2 aromatic rings. The van der Waals surface area contributed by atoms with Gasteiger partial charge in [-0.3, -0.25) is 4.79 Å². The van der Waals surface area contributed by atoms with Crippen LogP contribution >= 0.6 is 0 Å². The van der Waals surface area contributed by atoms with E-state index in [-0.39, 0.29) is 5.91 Å². The fraction of sp³-hybridized carbons (Fsp3) is 0.312. The van der Waals surface area contributed by atoms with Gasteiger partial charge in [0.05, 0.1) is 19.3 Å². The van der Waals surface area contributed by atoms with E-state index in [2.05, 4.69) is 15.3 Å². The van der Waals surface area contributed by atoms with Crippen molar-refractivity contribution >= 4 is 5.91 Å². The van der Waals surface area contributed by atoms with Crippen LogP contribution in [0.1, 0.15) is 18.3 Å². The van der Waals surface area contributed by atoms with E-state index in [1.54, 1.807) is 38.3 Å². The normalized spacial score (nSPS) is 11.6. The number of hydrogen-bond acceptors (Lipinski definition) is 5. The molecule has 0 fully saturated rings. The molecule has 1 heterocycles. The van der Waals surface area contributed by atoms with Crippen molar-refractivity contribution in [3.05, 3.63) is 48.0 Å². The molecule has 0 radical (unpaired) electrons. The van der Waals surface area contributed by atoms with E-state index in [1.807, 2.05) is 13.0 Å². The molecule has 0 bridgehead atoms. The van der Waals surface area contributed by atoms with Gasteiger partial charge < -0.3 is 14.8 Å². The van der Waals surface area contributed by atoms with Gasteiger partial charge in [-0.1, -0.05) is 0 Å². The van der Waals surface area contributed by atoms with Gasteiger partial charge in [0.2, 0.25) is 0 Å². The molecule has 6 nitrogen and oxygen atoms in total. The molecule has 6 heteroatoms. The SMILES string of the molecule is COc1ccc(OC(C)C(=O)NCc2cc(C)ncn2)cc1. The van der Waals surface area contributed by atoms with Crippen LogP contribution in [0.5, 0.6) is 11.5 Å². The molecule has 0 saturated heterocycles. The van der Waals surface area contributed by atoms with E-state index in [1.165, 1.54) is 6.33 Å². The highest BCUT2D eigenvalue weighted by Crippen LogP contribution is 2.18. The molecule has 0 aliphatic rings. The highest BCUT2D eigenvalue weighted by Gasteiger charge is 2.14. The van der Waals surface area contributed by atoms with Crippen molar-refractivity contribution in [1.82, 2.24) is 15.3 Å². The molecule has 1 aromatic heterocycles. The van der Waals surface area contributed by atoms with Crippen LogP contribution in [-0.4, -0.2) is 29.1 Å². The number of carbonyl (C=O) groups is 1. The average Bonchev–Trinajstić information content (AvgIpc) is 2.53. The van der Waals surface area contributed by atoms with Crippen LogP contribution < -0.4 is 14.8 Å². The number of hydrogen-bond donors (Lipinski definition) is 1. The second-order valence-corrected chi connectivity index (χ2v) is 4.80. The lowest BCUT2D eigenvalue weighted by molar-refractivity contribution is -0.127. The molecule has 0 aliphatic heterocycles. The number of aryl methyl sites for hydroxylation is 1. The highest BCUT2D eigenvalue weighted by atomic mass is 16.5. The number of amides is 1. The van der Waals surface area contributed by atoms with E-state index < -0.39 is 6.10 Å². The van der Waals surface area contributed by atoms with E-state index in [9.17, 15) is 4.79 Å². The summed E-state index contributed by atoms with van der Waals surface area (Å²) in [5, 5.41) is 2.79. The lowest BCUT2D eigenvalue weighted by Gasteiger charge is -2.14. The predicted octanol–water partition coefficient (Wildman–Crippen LogP) is 1.88. The molecule has 1 aromatic carbocycles. The Hall–Kier alpha value is -2.63. The summed E-state index contributed by atoms with van der Waals surface area (Å²) in [4.78, 5) is 20.1. The van der Waals surface area contributed by atoms with Crippen LogP contribution in [0, 0.1) is 6.92 Å². The average molecular weight is 301 g/mol. The maximum atomic E-state index is 12.0. The number of methoxy groups -OCH3 is 1. The van der Waals surface area contributed by atoms with Gasteiger partial charge in [0.1, 0.15) is 17.8 Å². The fourth-order valence-electron chi connectivity index (χ4n) is 1.84. The van der Waals surface area contributed by atoms with Gasteiger partial charge in [-0.15, -0.1) is 0 Å². The van der Waals surface area contributed by atoms with Crippen LogP contribution in [0.25, 0.3) is 0 Å². The van der Waals surface area contributed by atoms with Crippen molar-refractivity contribution in [2.75, 3.05) is 7.11 Å². The van der Waals surface area contributed by atoms with Gasteiger partial charge in [-0.25, -0.2) is 9.97 Å². The minimum absolute atomic E-state index is 0.202. The highest BCUT2D eigenvalue weighted by molar-refractivity contribution is 5.80. The zero-order valence-corrected chi connectivity index (χ0v) is 12.9. The number of carbonyl (C=O) groups excluding carboxylic acids is 1. The molecule has 1 unspecified atom stereocenters. The number of aromatic nitrogens is 2. The number of rotatable bonds is 6. The predicted molar refractivity (Wildman–Crippen MR) is 81.7 cm³/mol. The van der Waals surface area contributed by atoms with Crippen molar-refractivity contribution in [3.63, 3.8) is 0 Å². The molecular formula is C16H19N3O3. The quantitative estimate of drug-likeness (QED) is 0.882. The minimum atomic E-state index is -0.601. The number of ether oxygens (including phenoxy) is 2. The smallest absolute Gasteiger partial charge is 0.261 e. The van der Waals surface area contributed by atoms with Gasteiger partial charge in [-0.2, -0.15) is 0 Å². The van der Waals surface area contributed by atoms with Crippen LogP contribution in [0.4, 0.5) is 0 Å². The van der Waals surface area contributed by atoms with Crippen molar-refractivity contribution in [2.45, 2.75) is 26.5 Å². The van der Waals surface area contributed by atoms with Gasteiger partial charge in [0.15, 0.2) is 6.10 Å². The molecule has 2 rings (SSSR count). The number of nitrogens with one attached hydrogen (secondary N) is 1. The molecule has 1 N–H and O–H groups in total. The summed E-state index contributed by atoms with van der Waals surface area (Å²) in [6.45, 7) is 3.92. The molecule has 0 saturated carbocycles. The van der Waals surface area contributed by atoms with Gasteiger partial charge in [-0.05, 0) is 44.2 Å². The summed E-state index contributed by atoms with van der Waals surface area (Å²) in [5.41, 5.74) is 1.62. The second-order valence-electron chi connectivity index (χ2n) is 4.80. The number of benzene rings is 1. The van der Waals surface area contributed by atoms with Crippen LogP contribution in [0.2, 0.25) is 0 Å². The third-order valence-corrected chi connectivity index (χ3v) is 3.05. The third kappa shape index (κ3) is 4.44. The lowest BCUT2D eigenvalue weighted by Crippen LogP contribution is -2.36. The molecule has 0 spiro atoms. The summed E-state index contributed by atoms with van der Waals surface area (Å²) in [6, 6.07) is 8.91. The number of nitrogens with zero attached hydrogens (tertiary/aromatic N) is 2. The summed E-state index contributed by atoms with van der Waals surface area (Å²) in [7, 11) is 1.60. The van der Waals surface area contributed by atoms with Gasteiger partial charge in [0, 0.05) is 5.69 Å². The largest absolute Gasteiger partial charge is 0.497 e. The van der Waals surface area contributed by atoms with Crippen molar-refractivity contribution < 1.29 is 14.3 Å². The molecule has 1 atom stereocenters. The molecule has 22 heavy (non-hydrogen) atoms. The first-order chi connectivity index (χ1) is 10.6. The van der Waals surface area contributed by atoms with Crippen LogP contribution in [0.15, 0.2) is 36.7 Å². The van der Waals surface area contributed by atoms with E-state index in [0.29, 0.717) is 12.3 Å². The third-order valence-electron chi connectivity index (χ3n) is 3.05. The first-order valence-corrected chi connectivity index (χ1v) is 6.94. The van der Waals surface area contributed by atoms with Gasteiger partial charge in [0.25, 0.3) is 5.91 Å². The summed E-state index contributed by atoms with van der Waals surface area (Å²) in [5.74, 6) is 1.15. The van der Waals surface area contributed by atoms with E-state index in [4.69, 9.17) is 9.47 Å².